The molecule has 1 heterocycles. The van der Waals surface area contributed by atoms with E-state index in [0.29, 0.717) is 0 Å². The van der Waals surface area contributed by atoms with Crippen molar-refractivity contribution in [2.75, 3.05) is 6.61 Å². The summed E-state index contributed by atoms with van der Waals surface area (Å²) >= 11 is 1.66. The van der Waals surface area contributed by atoms with Crippen molar-refractivity contribution in [2.24, 2.45) is 0 Å². The molecule has 0 bridgehead atoms. The molecule has 0 fully saturated rings. The smallest absolute Gasteiger partial charge is 0.0615 e. The van der Waals surface area contributed by atoms with Gasteiger partial charge >= 0.3 is 0 Å². The van der Waals surface area contributed by atoms with Gasteiger partial charge in [0.1, 0.15) is 0 Å². The van der Waals surface area contributed by atoms with Crippen LogP contribution in [0.2, 0.25) is 0 Å². The minimum atomic E-state index is 0.121. The largest absolute Gasteiger partial charge is 0.392 e. The van der Waals surface area contributed by atoms with Gasteiger partial charge in [0.15, 0.2) is 0 Å². The van der Waals surface area contributed by atoms with Crippen molar-refractivity contribution in [3.63, 3.8) is 0 Å². The van der Waals surface area contributed by atoms with Gasteiger partial charge in [0, 0.05) is 0 Å². The van der Waals surface area contributed by atoms with E-state index in [0.717, 1.165) is 5.56 Å². The normalized spacial score (nSPS) is 10.8. The van der Waals surface area contributed by atoms with Gasteiger partial charge in [-0.1, -0.05) is 12.2 Å². The molecule has 9 heavy (non-hydrogen) atoms. The number of aliphatic hydroxyl groups is 1. The summed E-state index contributed by atoms with van der Waals surface area (Å²) in [5.74, 6) is 0. The Kier molecular flexibility index (Phi) is 2.48. The van der Waals surface area contributed by atoms with E-state index < -0.39 is 0 Å². The first-order valence-corrected chi connectivity index (χ1v) is 3.67. The van der Waals surface area contributed by atoms with Gasteiger partial charge in [-0.15, -0.1) is 0 Å². The summed E-state index contributed by atoms with van der Waals surface area (Å²) in [6.45, 7) is 0.121. The Morgan fingerprint density at radius 1 is 1.67 bits per heavy atom. The first kappa shape index (κ1) is 6.52. The van der Waals surface area contributed by atoms with E-state index in [9.17, 15) is 0 Å². The van der Waals surface area contributed by atoms with Crippen LogP contribution in [0.4, 0.5) is 0 Å². The third kappa shape index (κ3) is 2.00. The van der Waals surface area contributed by atoms with Crippen molar-refractivity contribution in [1.82, 2.24) is 0 Å². The molecule has 0 aliphatic carbocycles. The van der Waals surface area contributed by atoms with Crippen molar-refractivity contribution in [2.45, 2.75) is 0 Å². The monoisotopic (exact) mass is 140 g/mol. The lowest BCUT2D eigenvalue weighted by atomic mass is 10.3. The molecule has 0 aliphatic heterocycles. The highest BCUT2D eigenvalue weighted by Crippen LogP contribution is 2.06. The minimum Gasteiger partial charge on any atom is -0.392 e. The van der Waals surface area contributed by atoms with Gasteiger partial charge in [-0.2, -0.15) is 11.3 Å². The van der Waals surface area contributed by atoms with E-state index in [1.807, 2.05) is 22.9 Å². The zero-order valence-electron chi connectivity index (χ0n) is 4.95. The van der Waals surface area contributed by atoms with Gasteiger partial charge in [0.2, 0.25) is 0 Å². The summed E-state index contributed by atoms with van der Waals surface area (Å²) in [6.07, 6.45) is 3.62. The van der Waals surface area contributed by atoms with Crippen LogP contribution in [-0.4, -0.2) is 11.7 Å². The lowest BCUT2D eigenvalue weighted by molar-refractivity contribution is 0.343. The van der Waals surface area contributed by atoms with Crippen molar-refractivity contribution in [1.29, 1.82) is 0 Å². The van der Waals surface area contributed by atoms with Crippen molar-refractivity contribution >= 4 is 17.4 Å². The fourth-order valence-electron chi connectivity index (χ4n) is 0.559. The van der Waals surface area contributed by atoms with Gasteiger partial charge in [-0.25, -0.2) is 0 Å². The lowest BCUT2D eigenvalue weighted by Crippen LogP contribution is -1.68. The Hall–Kier alpha value is -0.600. The number of thiophene rings is 1. The highest BCUT2D eigenvalue weighted by molar-refractivity contribution is 7.08. The van der Waals surface area contributed by atoms with E-state index in [2.05, 4.69) is 0 Å². The summed E-state index contributed by atoms with van der Waals surface area (Å²) in [7, 11) is 0. The lowest BCUT2D eigenvalue weighted by Gasteiger charge is -1.78. The van der Waals surface area contributed by atoms with Crippen molar-refractivity contribution in [3.8, 4) is 0 Å². The molecular formula is C7H8OS. The topological polar surface area (TPSA) is 20.2 Å². The molecule has 1 N–H and O–H groups in total. The van der Waals surface area contributed by atoms with Crippen LogP contribution in [0.25, 0.3) is 6.08 Å². The maximum absolute atomic E-state index is 8.38. The van der Waals surface area contributed by atoms with Gasteiger partial charge in [-0.3, -0.25) is 0 Å². The van der Waals surface area contributed by atoms with Gasteiger partial charge in [0.05, 0.1) is 6.61 Å². The van der Waals surface area contributed by atoms with Crippen LogP contribution in [-0.2, 0) is 0 Å². The average Bonchev–Trinajstić information content (AvgIpc) is 2.34. The molecule has 0 amide bonds. The van der Waals surface area contributed by atoms with Crippen LogP contribution in [0.3, 0.4) is 0 Å². The summed E-state index contributed by atoms with van der Waals surface area (Å²) in [5.41, 5.74) is 1.16. The molecule has 2 heteroatoms. The predicted molar refractivity (Wildman–Crippen MR) is 40.4 cm³/mol. The van der Waals surface area contributed by atoms with Gasteiger partial charge < -0.3 is 5.11 Å². The molecule has 0 aliphatic rings. The second kappa shape index (κ2) is 3.43. The van der Waals surface area contributed by atoms with Crippen LogP contribution in [0, 0.1) is 0 Å². The van der Waals surface area contributed by atoms with Gasteiger partial charge in [0.25, 0.3) is 0 Å². The first-order valence-electron chi connectivity index (χ1n) is 2.73. The summed E-state index contributed by atoms with van der Waals surface area (Å²) in [6, 6.07) is 2.01. The van der Waals surface area contributed by atoms with Crippen LogP contribution in [0.15, 0.2) is 22.9 Å². The molecule has 0 saturated heterocycles. The highest BCUT2D eigenvalue weighted by atomic mass is 32.1. The number of hydrogen-bond acceptors (Lipinski definition) is 2. The van der Waals surface area contributed by atoms with E-state index in [1.165, 1.54) is 0 Å². The summed E-state index contributed by atoms with van der Waals surface area (Å²) in [4.78, 5) is 0. The van der Waals surface area contributed by atoms with Crippen LogP contribution < -0.4 is 0 Å². The second-order valence-electron chi connectivity index (χ2n) is 1.64. The third-order valence-electron chi connectivity index (χ3n) is 0.959. The molecule has 1 aromatic rings. The maximum Gasteiger partial charge on any atom is 0.0615 e. The molecule has 0 saturated carbocycles. The zero-order valence-corrected chi connectivity index (χ0v) is 5.77. The molecule has 0 radical (unpaired) electrons. The summed E-state index contributed by atoms with van der Waals surface area (Å²) in [5, 5.41) is 12.4. The molecule has 1 nitrogen and oxygen atoms in total. The zero-order chi connectivity index (χ0) is 6.53. The van der Waals surface area contributed by atoms with E-state index in [4.69, 9.17) is 5.11 Å². The second-order valence-corrected chi connectivity index (χ2v) is 2.42. The van der Waals surface area contributed by atoms with E-state index in [1.54, 1.807) is 17.4 Å². The minimum absolute atomic E-state index is 0.121. The molecule has 48 valence electrons. The van der Waals surface area contributed by atoms with E-state index in [-0.39, 0.29) is 6.61 Å². The Bertz CT molecular complexity index is 177. The molecule has 0 unspecified atom stereocenters. The fraction of sp³-hybridized carbons (Fsp3) is 0.143. The fourth-order valence-corrected chi connectivity index (χ4v) is 1.19. The molecule has 0 spiro atoms. The average molecular weight is 140 g/mol. The Balaban J connectivity index is 2.57. The molecule has 0 aromatic carbocycles. The Labute approximate surface area is 58.3 Å². The predicted octanol–water partition coefficient (Wildman–Crippen LogP) is 1.75. The quantitative estimate of drug-likeness (QED) is 0.663. The maximum atomic E-state index is 8.38. The molecular weight excluding hydrogens is 132 g/mol. The van der Waals surface area contributed by atoms with Crippen molar-refractivity contribution in [3.05, 3.63) is 28.5 Å². The highest BCUT2D eigenvalue weighted by Gasteiger charge is 1.81. The van der Waals surface area contributed by atoms with Crippen LogP contribution in [0.1, 0.15) is 5.56 Å². The van der Waals surface area contributed by atoms with Crippen molar-refractivity contribution < 1.29 is 5.11 Å². The molecule has 1 aromatic heterocycles. The number of hydrogen-bond donors (Lipinski definition) is 1. The van der Waals surface area contributed by atoms with E-state index >= 15 is 0 Å². The molecule has 0 atom stereocenters. The van der Waals surface area contributed by atoms with Crippen LogP contribution >= 0.6 is 11.3 Å². The SMILES string of the molecule is OCC=Cc1ccsc1. The van der Waals surface area contributed by atoms with Gasteiger partial charge in [-0.05, 0) is 22.4 Å². The number of rotatable bonds is 2. The Morgan fingerprint density at radius 2 is 2.56 bits per heavy atom. The number of aliphatic hydroxyl groups excluding tert-OH is 1. The standard InChI is InChI=1S/C7H8OS/c8-4-1-2-7-3-5-9-6-7/h1-3,5-6,8H,4H2. The Morgan fingerprint density at radius 3 is 3.11 bits per heavy atom. The molecule has 1 rings (SSSR count). The third-order valence-corrected chi connectivity index (χ3v) is 1.66. The first-order chi connectivity index (χ1) is 4.43. The summed E-state index contributed by atoms with van der Waals surface area (Å²) < 4.78 is 0. The van der Waals surface area contributed by atoms with Crippen LogP contribution in [0.5, 0.6) is 0 Å².